The number of pyridine rings is 1. The summed E-state index contributed by atoms with van der Waals surface area (Å²) in [5.74, 6) is 2.47. The Morgan fingerprint density at radius 2 is 1.72 bits per heavy atom. The molecule has 1 amide bonds. The van der Waals surface area contributed by atoms with Crippen molar-refractivity contribution in [1.82, 2.24) is 10.3 Å². The molecule has 1 aromatic heterocycles. The van der Waals surface area contributed by atoms with Crippen molar-refractivity contribution in [3.05, 3.63) is 89.2 Å². The van der Waals surface area contributed by atoms with Gasteiger partial charge in [-0.25, -0.2) is 0 Å². The van der Waals surface area contributed by atoms with Crippen LogP contribution in [0.1, 0.15) is 40.0 Å². The number of benzene rings is 2. The second kappa shape index (κ2) is 7.62. The van der Waals surface area contributed by atoms with Crippen LogP contribution in [0.15, 0.2) is 66.9 Å². The maximum atomic E-state index is 12.7. The molecule has 2 aromatic carbocycles. The molecular weight excluding hydrogens is 358 g/mol. The highest BCUT2D eigenvalue weighted by molar-refractivity contribution is 5.95. The zero-order valence-corrected chi connectivity index (χ0v) is 15.9. The number of terminal acetylenes is 1. The lowest BCUT2D eigenvalue weighted by atomic mass is 9.99. The van der Waals surface area contributed by atoms with Gasteiger partial charge >= 0.3 is 0 Å². The molecule has 0 spiro atoms. The Morgan fingerprint density at radius 3 is 2.28 bits per heavy atom. The minimum atomic E-state index is -0.296. The molecule has 0 saturated heterocycles. The number of amides is 1. The summed E-state index contributed by atoms with van der Waals surface area (Å²) >= 11 is 0. The van der Waals surface area contributed by atoms with E-state index < -0.39 is 0 Å². The Labute approximate surface area is 170 Å². The lowest BCUT2D eigenvalue weighted by Gasteiger charge is -2.18. The maximum Gasteiger partial charge on any atom is 0.251 e. The van der Waals surface area contributed by atoms with Crippen LogP contribution in [0.4, 0.5) is 0 Å². The summed E-state index contributed by atoms with van der Waals surface area (Å²) in [6, 6.07) is 21.2. The van der Waals surface area contributed by atoms with E-state index >= 15 is 0 Å². The number of hydrogen-bond acceptors (Lipinski definition) is 3. The standard InChI is InChI=1S/C25H19N3O/c1-2-18-3-5-20(6-4-18)24(29)28-25(14-15-25)22-10-7-19(8-11-22)21-9-12-23(13-16-26)27-17-21/h1,3-12,17H,13-15H2,(H,28,29). The number of carbonyl (C=O) groups excluding carboxylic acids is 1. The number of nitrogens with one attached hydrogen (secondary N) is 1. The van der Waals surface area contributed by atoms with Gasteiger partial charge in [-0.15, -0.1) is 6.42 Å². The molecule has 0 unspecified atom stereocenters. The van der Waals surface area contributed by atoms with Gasteiger partial charge in [-0.05, 0) is 54.3 Å². The molecule has 4 nitrogen and oxygen atoms in total. The molecule has 29 heavy (non-hydrogen) atoms. The summed E-state index contributed by atoms with van der Waals surface area (Å²) < 4.78 is 0. The molecule has 140 valence electrons. The van der Waals surface area contributed by atoms with Crippen LogP contribution in [0.5, 0.6) is 0 Å². The summed E-state index contributed by atoms with van der Waals surface area (Å²) in [5.41, 5.74) is 4.99. The van der Waals surface area contributed by atoms with E-state index in [1.165, 1.54) is 0 Å². The largest absolute Gasteiger partial charge is 0.343 e. The Morgan fingerprint density at radius 1 is 1.03 bits per heavy atom. The van der Waals surface area contributed by atoms with Crippen LogP contribution in [0.2, 0.25) is 0 Å². The molecule has 0 radical (unpaired) electrons. The van der Waals surface area contributed by atoms with Gasteiger partial charge in [0.2, 0.25) is 0 Å². The highest BCUT2D eigenvalue weighted by atomic mass is 16.1. The molecule has 1 saturated carbocycles. The van der Waals surface area contributed by atoms with Crippen molar-refractivity contribution in [2.75, 3.05) is 0 Å². The summed E-state index contributed by atoms with van der Waals surface area (Å²) in [6.45, 7) is 0. The van der Waals surface area contributed by atoms with E-state index in [1.807, 2.05) is 24.3 Å². The highest BCUT2D eigenvalue weighted by Gasteiger charge is 2.45. The van der Waals surface area contributed by atoms with Gasteiger partial charge in [0.1, 0.15) is 0 Å². The number of nitrogens with zero attached hydrogens (tertiary/aromatic N) is 2. The first-order valence-electron chi connectivity index (χ1n) is 9.45. The number of nitriles is 1. The van der Waals surface area contributed by atoms with Gasteiger partial charge in [0.15, 0.2) is 0 Å². The Hall–Kier alpha value is -3.89. The molecule has 1 aliphatic rings. The van der Waals surface area contributed by atoms with E-state index in [-0.39, 0.29) is 11.4 Å². The lowest BCUT2D eigenvalue weighted by Crippen LogP contribution is -2.34. The molecule has 4 heteroatoms. The first-order chi connectivity index (χ1) is 14.1. The second-order valence-electron chi connectivity index (χ2n) is 7.21. The molecule has 1 N–H and O–H groups in total. The van der Waals surface area contributed by atoms with Crippen LogP contribution in [-0.4, -0.2) is 10.9 Å². The normalized spacial score (nSPS) is 13.7. The van der Waals surface area contributed by atoms with Crippen LogP contribution >= 0.6 is 0 Å². The monoisotopic (exact) mass is 377 g/mol. The van der Waals surface area contributed by atoms with Gasteiger partial charge in [0.05, 0.1) is 23.7 Å². The van der Waals surface area contributed by atoms with Crippen LogP contribution in [0.25, 0.3) is 11.1 Å². The smallest absolute Gasteiger partial charge is 0.251 e. The number of carbonyl (C=O) groups is 1. The fraction of sp³-hybridized carbons (Fsp3) is 0.160. The third-order valence-electron chi connectivity index (χ3n) is 5.27. The summed E-state index contributed by atoms with van der Waals surface area (Å²) in [6.07, 6.45) is 9.31. The quantitative estimate of drug-likeness (QED) is 0.677. The molecule has 1 fully saturated rings. The van der Waals surface area contributed by atoms with Crippen molar-refractivity contribution in [3.63, 3.8) is 0 Å². The third-order valence-corrected chi connectivity index (χ3v) is 5.27. The van der Waals surface area contributed by atoms with Crippen molar-refractivity contribution >= 4 is 5.91 Å². The summed E-state index contributed by atoms with van der Waals surface area (Å²) in [5, 5.41) is 11.9. The number of aromatic nitrogens is 1. The maximum absolute atomic E-state index is 12.7. The average Bonchev–Trinajstić information content (AvgIpc) is 3.55. The van der Waals surface area contributed by atoms with E-state index in [9.17, 15) is 4.79 Å². The van der Waals surface area contributed by atoms with Gasteiger partial charge in [-0.3, -0.25) is 9.78 Å². The van der Waals surface area contributed by atoms with Crippen molar-refractivity contribution in [1.29, 1.82) is 5.26 Å². The first kappa shape index (κ1) is 18.5. The average molecular weight is 377 g/mol. The van der Waals surface area contributed by atoms with E-state index in [0.717, 1.165) is 40.8 Å². The van der Waals surface area contributed by atoms with Crippen molar-refractivity contribution in [3.8, 4) is 29.5 Å². The lowest BCUT2D eigenvalue weighted by molar-refractivity contribution is 0.0931. The molecule has 0 aliphatic heterocycles. The minimum absolute atomic E-state index is 0.0903. The minimum Gasteiger partial charge on any atom is -0.343 e. The van der Waals surface area contributed by atoms with E-state index in [4.69, 9.17) is 11.7 Å². The predicted octanol–water partition coefficient (Wildman–Crippen LogP) is 4.22. The van der Waals surface area contributed by atoms with Gasteiger partial charge in [-0.1, -0.05) is 36.3 Å². The zero-order chi connectivity index (χ0) is 20.3. The Kier molecular flexibility index (Phi) is 4.85. The zero-order valence-electron chi connectivity index (χ0n) is 15.9. The molecule has 3 aromatic rings. The fourth-order valence-corrected chi connectivity index (χ4v) is 3.38. The second-order valence-corrected chi connectivity index (χ2v) is 7.21. The predicted molar refractivity (Wildman–Crippen MR) is 112 cm³/mol. The van der Waals surface area contributed by atoms with Crippen LogP contribution in [-0.2, 0) is 12.0 Å². The van der Waals surface area contributed by atoms with Gasteiger partial charge in [-0.2, -0.15) is 5.26 Å². The topological polar surface area (TPSA) is 65.8 Å². The van der Waals surface area contributed by atoms with Crippen molar-refractivity contribution in [2.45, 2.75) is 24.8 Å². The molecule has 1 heterocycles. The molecule has 0 atom stereocenters. The number of rotatable bonds is 5. The van der Waals surface area contributed by atoms with E-state index in [1.54, 1.807) is 30.5 Å². The van der Waals surface area contributed by atoms with E-state index in [2.05, 4.69) is 34.4 Å². The highest BCUT2D eigenvalue weighted by Crippen LogP contribution is 2.46. The molecule has 0 bridgehead atoms. The molecule has 4 rings (SSSR count). The number of hydrogen-bond donors (Lipinski definition) is 1. The van der Waals surface area contributed by atoms with Gasteiger partial charge in [0, 0.05) is 22.9 Å². The molecule has 1 aliphatic carbocycles. The first-order valence-corrected chi connectivity index (χ1v) is 9.45. The van der Waals surface area contributed by atoms with Crippen LogP contribution < -0.4 is 5.32 Å². The fourth-order valence-electron chi connectivity index (χ4n) is 3.38. The van der Waals surface area contributed by atoms with Crippen LogP contribution in [0.3, 0.4) is 0 Å². The van der Waals surface area contributed by atoms with Gasteiger partial charge < -0.3 is 5.32 Å². The van der Waals surface area contributed by atoms with Crippen molar-refractivity contribution < 1.29 is 4.79 Å². The van der Waals surface area contributed by atoms with Crippen molar-refractivity contribution in [2.24, 2.45) is 0 Å². The third kappa shape index (κ3) is 3.88. The van der Waals surface area contributed by atoms with Gasteiger partial charge in [0.25, 0.3) is 5.91 Å². The SMILES string of the molecule is C#Cc1ccc(C(=O)NC2(c3ccc(-c4ccc(CC#N)nc4)cc3)CC2)cc1. The summed E-state index contributed by atoms with van der Waals surface area (Å²) in [4.78, 5) is 17.0. The molecular formula is C25H19N3O. The Bertz CT molecular complexity index is 1110. The van der Waals surface area contributed by atoms with E-state index in [0.29, 0.717) is 12.0 Å². The Balaban J connectivity index is 1.48. The van der Waals surface area contributed by atoms with Crippen LogP contribution in [0, 0.1) is 23.7 Å². The summed E-state index contributed by atoms with van der Waals surface area (Å²) in [7, 11) is 0.